The number of aromatic carboxylic acids is 1. The van der Waals surface area contributed by atoms with Crippen molar-refractivity contribution in [3.05, 3.63) is 15.8 Å². The zero-order valence-corrected chi connectivity index (χ0v) is 23.0. The molecule has 3 aliphatic rings. The number of hydrogen-bond donors (Lipinski definition) is 1. The van der Waals surface area contributed by atoms with E-state index >= 15 is 0 Å². The summed E-state index contributed by atoms with van der Waals surface area (Å²) in [4.78, 5) is 28.5. The molecular weight excluding hydrogens is 474 g/mol. The van der Waals surface area contributed by atoms with E-state index in [4.69, 9.17) is 9.47 Å². The van der Waals surface area contributed by atoms with Crippen molar-refractivity contribution >= 4 is 28.9 Å². The number of hydrogen-bond acceptors (Lipinski definition) is 5. The van der Waals surface area contributed by atoms with Crippen LogP contribution in [0.2, 0.25) is 0 Å². The molecule has 4 rings (SSSR count). The lowest BCUT2D eigenvalue weighted by molar-refractivity contribution is -0.119. The van der Waals surface area contributed by atoms with Crippen LogP contribution in [0.25, 0.3) is 0 Å². The fraction of sp³-hybridized carbons (Fsp3) is 0.724. The SMILES string of the molecule is CC(=O)N(c1cc(C#CC(C)(C)C)sc1C(=O)O)C1(C2CCC(OC3CCOC3)CC2)CCCCC1. The molecule has 2 aliphatic carbocycles. The molecule has 0 radical (unpaired) electrons. The second-order valence-corrected chi connectivity index (χ2v) is 12.8. The predicted octanol–water partition coefficient (Wildman–Crippen LogP) is 6.26. The Balaban J connectivity index is 1.64. The van der Waals surface area contributed by atoms with Gasteiger partial charge in [0.2, 0.25) is 5.91 Å². The molecule has 1 unspecified atom stereocenters. The van der Waals surface area contributed by atoms with Gasteiger partial charge in [-0.3, -0.25) is 4.79 Å². The maximum atomic E-state index is 13.4. The summed E-state index contributed by atoms with van der Waals surface area (Å²) in [5.74, 6) is 5.64. The Morgan fingerprint density at radius 3 is 2.36 bits per heavy atom. The third-order valence-corrected chi connectivity index (χ3v) is 8.92. The Morgan fingerprint density at radius 2 is 1.81 bits per heavy atom. The highest BCUT2D eigenvalue weighted by molar-refractivity contribution is 7.15. The maximum absolute atomic E-state index is 13.4. The monoisotopic (exact) mass is 515 g/mol. The molecule has 1 aliphatic heterocycles. The lowest BCUT2D eigenvalue weighted by Gasteiger charge is -2.52. The second kappa shape index (κ2) is 11.2. The van der Waals surface area contributed by atoms with Gasteiger partial charge in [0.1, 0.15) is 4.88 Å². The molecule has 1 N–H and O–H groups in total. The van der Waals surface area contributed by atoms with Crippen LogP contribution in [0.4, 0.5) is 5.69 Å². The average Bonchev–Trinajstić information content (AvgIpc) is 3.48. The standard InChI is InChI=1S/C29H41NO5S/c1-20(31)30(25-18-24(12-16-28(2,3)4)36-26(25)27(32)33)29(14-6-5-7-15-29)21-8-10-22(11-9-21)35-23-13-17-34-19-23/h18,21-23H,5-11,13-15,17,19H2,1-4H3,(H,32,33). The van der Waals surface area contributed by atoms with Crippen molar-refractivity contribution in [2.24, 2.45) is 11.3 Å². The normalized spacial score (nSPS) is 26.2. The van der Waals surface area contributed by atoms with Gasteiger partial charge in [-0.1, -0.05) is 31.1 Å². The number of amides is 1. The fourth-order valence-corrected chi connectivity index (χ4v) is 7.18. The molecular formula is C29H41NO5S. The predicted molar refractivity (Wildman–Crippen MR) is 143 cm³/mol. The van der Waals surface area contributed by atoms with Gasteiger partial charge < -0.3 is 19.5 Å². The van der Waals surface area contributed by atoms with Crippen LogP contribution in [-0.2, 0) is 14.3 Å². The molecule has 6 nitrogen and oxygen atoms in total. The number of carbonyl (C=O) groups is 2. The minimum absolute atomic E-state index is 0.0750. The summed E-state index contributed by atoms with van der Waals surface area (Å²) in [6, 6.07) is 1.85. The Hall–Kier alpha value is -1.88. The van der Waals surface area contributed by atoms with Crippen LogP contribution in [0.3, 0.4) is 0 Å². The first-order chi connectivity index (χ1) is 17.1. The Morgan fingerprint density at radius 1 is 1.11 bits per heavy atom. The molecule has 1 amide bonds. The van der Waals surface area contributed by atoms with E-state index in [0.29, 0.717) is 23.1 Å². The zero-order chi connectivity index (χ0) is 25.9. The Bertz CT molecular complexity index is 993. The van der Waals surface area contributed by atoms with E-state index in [2.05, 4.69) is 11.8 Å². The highest BCUT2D eigenvalue weighted by atomic mass is 32.1. The van der Waals surface area contributed by atoms with Crippen molar-refractivity contribution in [3.63, 3.8) is 0 Å². The Kier molecular flexibility index (Phi) is 8.49. The van der Waals surface area contributed by atoms with Crippen LogP contribution in [0.1, 0.15) is 106 Å². The summed E-state index contributed by atoms with van der Waals surface area (Å²) in [5.41, 5.74) is -0.0171. The molecule has 36 heavy (non-hydrogen) atoms. The smallest absolute Gasteiger partial charge is 0.348 e. The molecule has 3 fully saturated rings. The first-order valence-corrected chi connectivity index (χ1v) is 14.3. The third kappa shape index (κ3) is 6.15. The topological polar surface area (TPSA) is 76.1 Å². The summed E-state index contributed by atoms with van der Waals surface area (Å²) in [5, 5.41) is 10.1. The largest absolute Gasteiger partial charge is 0.477 e. The van der Waals surface area contributed by atoms with E-state index in [1.54, 1.807) is 6.92 Å². The number of carboxylic acids is 1. The van der Waals surface area contributed by atoms with Crippen molar-refractivity contribution < 1.29 is 24.2 Å². The van der Waals surface area contributed by atoms with E-state index < -0.39 is 5.97 Å². The number of nitrogens with zero attached hydrogens (tertiary/aromatic N) is 1. The highest BCUT2D eigenvalue weighted by Crippen LogP contribution is 2.49. The van der Waals surface area contributed by atoms with E-state index in [0.717, 1.165) is 70.8 Å². The minimum atomic E-state index is -0.994. The van der Waals surface area contributed by atoms with Crippen LogP contribution in [0.5, 0.6) is 0 Å². The van der Waals surface area contributed by atoms with Gasteiger partial charge in [-0.05, 0) is 77.7 Å². The van der Waals surface area contributed by atoms with Crippen LogP contribution in [0.15, 0.2) is 6.07 Å². The number of anilines is 1. The summed E-state index contributed by atoms with van der Waals surface area (Å²) in [6.07, 6.45) is 10.5. The number of rotatable bonds is 6. The highest BCUT2D eigenvalue weighted by Gasteiger charge is 2.48. The van der Waals surface area contributed by atoms with Gasteiger partial charge in [0, 0.05) is 18.9 Å². The molecule has 0 spiro atoms. The van der Waals surface area contributed by atoms with Crippen LogP contribution in [-0.4, -0.2) is 47.9 Å². The lowest BCUT2D eigenvalue weighted by Crippen LogP contribution is -2.58. The van der Waals surface area contributed by atoms with Gasteiger partial charge in [-0.2, -0.15) is 0 Å². The van der Waals surface area contributed by atoms with Gasteiger partial charge >= 0.3 is 5.97 Å². The summed E-state index contributed by atoms with van der Waals surface area (Å²) in [7, 11) is 0. The van der Waals surface area contributed by atoms with Crippen LogP contribution >= 0.6 is 11.3 Å². The quantitative estimate of drug-likeness (QED) is 0.452. The van der Waals surface area contributed by atoms with Gasteiger partial charge in [-0.15, -0.1) is 11.3 Å². The molecule has 1 saturated heterocycles. The van der Waals surface area contributed by atoms with E-state index in [1.165, 1.54) is 11.3 Å². The summed E-state index contributed by atoms with van der Waals surface area (Å²) >= 11 is 1.18. The van der Waals surface area contributed by atoms with Crippen LogP contribution < -0.4 is 4.90 Å². The molecule has 0 aromatic carbocycles. The number of ether oxygens (including phenoxy) is 2. The Labute approximate surface area is 219 Å². The molecule has 2 saturated carbocycles. The molecule has 1 atom stereocenters. The maximum Gasteiger partial charge on any atom is 0.348 e. The molecule has 1 aromatic rings. The van der Waals surface area contributed by atoms with Crippen molar-refractivity contribution in [1.29, 1.82) is 0 Å². The molecule has 2 heterocycles. The third-order valence-electron chi connectivity index (χ3n) is 7.89. The molecule has 1 aromatic heterocycles. The summed E-state index contributed by atoms with van der Waals surface area (Å²) in [6.45, 7) is 9.17. The van der Waals surface area contributed by atoms with E-state index in [1.807, 2.05) is 31.7 Å². The van der Waals surface area contributed by atoms with E-state index in [-0.39, 0.29) is 33.9 Å². The van der Waals surface area contributed by atoms with Gasteiger partial charge in [-0.25, -0.2) is 4.79 Å². The first-order valence-electron chi connectivity index (χ1n) is 13.5. The summed E-state index contributed by atoms with van der Waals surface area (Å²) < 4.78 is 11.8. The minimum Gasteiger partial charge on any atom is -0.477 e. The second-order valence-electron chi connectivity index (χ2n) is 11.7. The number of thiophene rings is 1. The van der Waals surface area contributed by atoms with Crippen LogP contribution in [0, 0.1) is 23.2 Å². The number of carbonyl (C=O) groups excluding carboxylic acids is 1. The number of carboxylic acid groups (broad SMARTS) is 1. The van der Waals surface area contributed by atoms with Crippen molar-refractivity contribution in [2.75, 3.05) is 18.1 Å². The lowest BCUT2D eigenvalue weighted by atomic mass is 9.66. The zero-order valence-electron chi connectivity index (χ0n) is 22.2. The first kappa shape index (κ1) is 27.2. The molecule has 198 valence electrons. The molecule has 7 heteroatoms. The van der Waals surface area contributed by atoms with Gasteiger partial charge in [0.25, 0.3) is 0 Å². The fourth-order valence-electron chi connectivity index (χ4n) is 6.34. The van der Waals surface area contributed by atoms with Gasteiger partial charge in [0.15, 0.2) is 0 Å². The van der Waals surface area contributed by atoms with E-state index in [9.17, 15) is 14.7 Å². The van der Waals surface area contributed by atoms with Gasteiger partial charge in [0.05, 0.1) is 34.9 Å². The molecule has 0 bridgehead atoms. The average molecular weight is 516 g/mol. The van der Waals surface area contributed by atoms with Crippen molar-refractivity contribution in [1.82, 2.24) is 0 Å². The van der Waals surface area contributed by atoms with Crippen molar-refractivity contribution in [2.45, 2.75) is 110 Å². The van der Waals surface area contributed by atoms with Crippen molar-refractivity contribution in [3.8, 4) is 11.8 Å².